The normalized spacial score (nSPS) is 16.7. The van der Waals surface area contributed by atoms with Crippen LogP contribution in [0.25, 0.3) is 5.76 Å². The number of amides is 1. The molecule has 10 heteroatoms. The van der Waals surface area contributed by atoms with E-state index in [1.165, 1.54) is 48.4 Å². The van der Waals surface area contributed by atoms with Crippen LogP contribution in [0.4, 0.5) is 11.4 Å². The molecule has 182 valence electrons. The predicted molar refractivity (Wildman–Crippen MR) is 129 cm³/mol. The van der Waals surface area contributed by atoms with Crippen molar-refractivity contribution < 1.29 is 34.3 Å². The predicted octanol–water partition coefficient (Wildman–Crippen LogP) is 3.86. The maximum absolute atomic E-state index is 13.2. The van der Waals surface area contributed by atoms with Gasteiger partial charge in [0.05, 0.1) is 30.1 Å². The number of aliphatic carboxylic acids is 1. The molecular weight excluding hydrogens is 468 g/mol. The van der Waals surface area contributed by atoms with Gasteiger partial charge in [0.25, 0.3) is 17.4 Å². The lowest BCUT2D eigenvalue weighted by atomic mass is 9.94. The standard InChI is InChI=1S/C26H20N2O8/c1-36-20-5-3-2-4-19(20)23-22(24(31)16-8-12-18(13-9-16)28(34)35)25(32)26(33)27(23)17-10-6-15(7-11-17)14-21(29)30/h2-13,23,31H,14H2,1H3,(H,29,30)/b24-22+. The maximum Gasteiger partial charge on any atom is 0.307 e. The first kappa shape index (κ1) is 24.1. The molecule has 1 amide bonds. The van der Waals surface area contributed by atoms with E-state index >= 15 is 0 Å². The number of hydrogen-bond acceptors (Lipinski definition) is 7. The third-order valence-corrected chi connectivity index (χ3v) is 5.80. The van der Waals surface area contributed by atoms with Crippen molar-refractivity contribution in [1.82, 2.24) is 0 Å². The number of anilines is 1. The number of aliphatic hydroxyl groups is 1. The van der Waals surface area contributed by atoms with E-state index in [4.69, 9.17) is 9.84 Å². The Hall–Kier alpha value is -4.99. The summed E-state index contributed by atoms with van der Waals surface area (Å²) in [6.07, 6.45) is -0.213. The van der Waals surface area contributed by atoms with Crippen LogP contribution in [-0.2, 0) is 20.8 Å². The van der Waals surface area contributed by atoms with Crippen LogP contribution >= 0.6 is 0 Å². The summed E-state index contributed by atoms with van der Waals surface area (Å²) in [5, 5.41) is 31.2. The van der Waals surface area contributed by atoms with Gasteiger partial charge in [-0.15, -0.1) is 0 Å². The molecule has 1 atom stereocenters. The van der Waals surface area contributed by atoms with Crippen LogP contribution in [-0.4, -0.2) is 39.9 Å². The van der Waals surface area contributed by atoms with E-state index in [9.17, 15) is 29.6 Å². The molecule has 36 heavy (non-hydrogen) atoms. The number of aliphatic hydroxyl groups excluding tert-OH is 1. The number of para-hydroxylation sites is 1. The van der Waals surface area contributed by atoms with E-state index in [0.717, 1.165) is 0 Å². The van der Waals surface area contributed by atoms with Gasteiger partial charge in [-0.3, -0.25) is 29.4 Å². The minimum atomic E-state index is -1.08. The van der Waals surface area contributed by atoms with Crippen molar-refractivity contribution in [3.05, 3.63) is 105 Å². The average Bonchev–Trinajstić information content (AvgIpc) is 3.13. The first-order chi connectivity index (χ1) is 17.2. The molecule has 1 fully saturated rings. The molecule has 0 saturated carbocycles. The number of rotatable bonds is 7. The van der Waals surface area contributed by atoms with Crippen LogP contribution in [0.1, 0.15) is 22.7 Å². The summed E-state index contributed by atoms with van der Waals surface area (Å²) in [4.78, 5) is 49.1. The highest BCUT2D eigenvalue weighted by atomic mass is 16.6. The second kappa shape index (κ2) is 9.71. The van der Waals surface area contributed by atoms with Crippen LogP contribution in [0.3, 0.4) is 0 Å². The van der Waals surface area contributed by atoms with Crippen molar-refractivity contribution in [2.75, 3.05) is 12.0 Å². The second-order valence-electron chi connectivity index (χ2n) is 7.95. The van der Waals surface area contributed by atoms with Crippen LogP contribution in [0.2, 0.25) is 0 Å². The first-order valence-corrected chi connectivity index (χ1v) is 10.7. The number of ether oxygens (including phenoxy) is 1. The van der Waals surface area contributed by atoms with Crippen molar-refractivity contribution in [1.29, 1.82) is 0 Å². The van der Waals surface area contributed by atoms with E-state index < -0.39 is 34.4 Å². The van der Waals surface area contributed by atoms with Gasteiger partial charge in [0, 0.05) is 28.9 Å². The summed E-state index contributed by atoms with van der Waals surface area (Å²) in [6.45, 7) is 0. The van der Waals surface area contributed by atoms with E-state index in [1.807, 2.05) is 0 Å². The molecule has 3 aromatic carbocycles. The molecule has 0 radical (unpaired) electrons. The van der Waals surface area contributed by atoms with Crippen molar-refractivity contribution in [3.63, 3.8) is 0 Å². The van der Waals surface area contributed by atoms with Gasteiger partial charge in [0.15, 0.2) is 0 Å². The van der Waals surface area contributed by atoms with Gasteiger partial charge < -0.3 is 14.9 Å². The number of hydrogen-bond donors (Lipinski definition) is 2. The SMILES string of the molecule is COc1ccccc1C1/C(=C(\O)c2ccc([N+](=O)[O-])cc2)C(=O)C(=O)N1c1ccc(CC(=O)O)cc1. The zero-order valence-electron chi connectivity index (χ0n) is 19.0. The highest BCUT2D eigenvalue weighted by Gasteiger charge is 2.47. The van der Waals surface area contributed by atoms with E-state index in [1.54, 1.807) is 36.4 Å². The summed E-state index contributed by atoms with van der Waals surface area (Å²) in [7, 11) is 1.43. The fourth-order valence-electron chi connectivity index (χ4n) is 4.13. The summed E-state index contributed by atoms with van der Waals surface area (Å²) < 4.78 is 5.46. The fraction of sp³-hybridized carbons (Fsp3) is 0.115. The molecule has 1 saturated heterocycles. The minimum Gasteiger partial charge on any atom is -0.507 e. The number of non-ortho nitro benzene ring substituents is 1. The number of nitrogens with zero attached hydrogens (tertiary/aromatic N) is 2. The van der Waals surface area contributed by atoms with Gasteiger partial charge in [0.2, 0.25) is 0 Å². The lowest BCUT2D eigenvalue weighted by Crippen LogP contribution is -2.29. The number of nitro benzene ring substituents is 1. The fourth-order valence-corrected chi connectivity index (χ4v) is 4.13. The topological polar surface area (TPSA) is 147 Å². The van der Waals surface area contributed by atoms with E-state index in [2.05, 4.69) is 0 Å². The molecule has 1 aliphatic rings. The Morgan fingerprint density at radius 1 is 1.00 bits per heavy atom. The van der Waals surface area contributed by atoms with Crippen LogP contribution in [0.5, 0.6) is 5.75 Å². The van der Waals surface area contributed by atoms with Gasteiger partial charge in [-0.1, -0.05) is 30.3 Å². The Labute approximate surface area is 204 Å². The Balaban J connectivity index is 1.90. The molecular formula is C26H20N2O8. The first-order valence-electron chi connectivity index (χ1n) is 10.7. The molecule has 0 bridgehead atoms. The summed E-state index contributed by atoms with van der Waals surface area (Å²) in [6, 6.07) is 16.7. The molecule has 1 aliphatic heterocycles. The second-order valence-corrected chi connectivity index (χ2v) is 7.95. The number of Topliss-reactive ketones (excluding diaryl/α,β-unsaturated/α-hetero) is 1. The van der Waals surface area contributed by atoms with Gasteiger partial charge >= 0.3 is 5.97 Å². The number of carbonyl (C=O) groups excluding carboxylic acids is 2. The van der Waals surface area contributed by atoms with Gasteiger partial charge in [-0.25, -0.2) is 0 Å². The molecule has 2 N–H and O–H groups in total. The molecule has 4 rings (SSSR count). The van der Waals surface area contributed by atoms with E-state index in [0.29, 0.717) is 22.6 Å². The number of nitro groups is 1. The third kappa shape index (κ3) is 4.39. The number of ketones is 1. The van der Waals surface area contributed by atoms with Crippen LogP contribution in [0.15, 0.2) is 78.4 Å². The zero-order chi connectivity index (χ0) is 26.0. The number of benzene rings is 3. The molecule has 1 unspecified atom stereocenters. The Kier molecular flexibility index (Phi) is 6.51. The monoisotopic (exact) mass is 488 g/mol. The Morgan fingerprint density at radius 2 is 1.64 bits per heavy atom. The molecule has 10 nitrogen and oxygen atoms in total. The number of carboxylic acid groups (broad SMARTS) is 1. The Morgan fingerprint density at radius 3 is 2.22 bits per heavy atom. The maximum atomic E-state index is 13.2. The van der Waals surface area contributed by atoms with Crippen molar-refractivity contribution in [2.45, 2.75) is 12.5 Å². The Bertz CT molecular complexity index is 1390. The smallest absolute Gasteiger partial charge is 0.307 e. The lowest BCUT2D eigenvalue weighted by Gasteiger charge is -2.26. The molecule has 0 aliphatic carbocycles. The van der Waals surface area contributed by atoms with Crippen molar-refractivity contribution >= 4 is 34.8 Å². The summed E-state index contributed by atoms with van der Waals surface area (Å²) in [5.74, 6) is -2.99. The quantitative estimate of drug-likeness (QED) is 0.168. The zero-order valence-corrected chi connectivity index (χ0v) is 19.0. The minimum absolute atomic E-state index is 0.121. The average molecular weight is 488 g/mol. The molecule has 0 aromatic heterocycles. The number of methoxy groups -OCH3 is 1. The summed E-state index contributed by atoms with van der Waals surface area (Å²) in [5.41, 5.74) is 0.947. The van der Waals surface area contributed by atoms with Gasteiger partial charge in [-0.2, -0.15) is 0 Å². The number of carboxylic acids is 1. The molecule has 3 aromatic rings. The van der Waals surface area contributed by atoms with Crippen LogP contribution in [0, 0.1) is 10.1 Å². The number of carbonyl (C=O) groups is 3. The van der Waals surface area contributed by atoms with Crippen molar-refractivity contribution in [3.8, 4) is 5.75 Å². The van der Waals surface area contributed by atoms with Crippen LogP contribution < -0.4 is 9.64 Å². The largest absolute Gasteiger partial charge is 0.507 e. The van der Waals surface area contributed by atoms with E-state index in [-0.39, 0.29) is 23.2 Å². The van der Waals surface area contributed by atoms with Gasteiger partial charge in [0.1, 0.15) is 11.5 Å². The van der Waals surface area contributed by atoms with Gasteiger partial charge in [-0.05, 0) is 35.9 Å². The lowest BCUT2D eigenvalue weighted by molar-refractivity contribution is -0.384. The highest BCUT2D eigenvalue weighted by Crippen LogP contribution is 2.44. The molecule has 1 heterocycles. The van der Waals surface area contributed by atoms with Crippen molar-refractivity contribution in [2.24, 2.45) is 0 Å². The summed E-state index contributed by atoms with van der Waals surface area (Å²) >= 11 is 0. The molecule has 0 spiro atoms. The highest BCUT2D eigenvalue weighted by molar-refractivity contribution is 6.51. The third-order valence-electron chi connectivity index (χ3n) is 5.80.